The van der Waals surface area contributed by atoms with Gasteiger partial charge in [-0.3, -0.25) is 0 Å². The summed E-state index contributed by atoms with van der Waals surface area (Å²) in [7, 11) is 0. The van der Waals surface area contributed by atoms with E-state index in [0.717, 1.165) is 17.9 Å². The molecular weight excluding hydrogens is 220 g/mol. The van der Waals surface area contributed by atoms with Gasteiger partial charge in [-0.25, -0.2) is 4.98 Å². The third-order valence-electron chi connectivity index (χ3n) is 3.28. The molecule has 1 heterocycles. The molecule has 0 spiro atoms. The largest absolute Gasteiger partial charge is 0.324 e. The van der Waals surface area contributed by atoms with Crippen LogP contribution in [-0.4, -0.2) is 9.55 Å². The third-order valence-corrected chi connectivity index (χ3v) is 3.28. The minimum Gasteiger partial charge on any atom is -0.324 e. The molecule has 3 aromatic rings. The van der Waals surface area contributed by atoms with Gasteiger partial charge in [0, 0.05) is 6.54 Å². The fourth-order valence-corrected chi connectivity index (χ4v) is 2.33. The van der Waals surface area contributed by atoms with Crippen LogP contribution in [0.2, 0.25) is 0 Å². The van der Waals surface area contributed by atoms with E-state index in [0.29, 0.717) is 0 Å². The highest BCUT2D eigenvalue weighted by molar-refractivity contribution is 5.77. The lowest BCUT2D eigenvalue weighted by Gasteiger charge is -2.07. The molecule has 0 saturated heterocycles. The SMILES string of the molecule is Cc1ccc2c(c1)nc(C)n2Cc1ccccc1. The van der Waals surface area contributed by atoms with Crippen LogP contribution in [0.4, 0.5) is 0 Å². The highest BCUT2D eigenvalue weighted by Crippen LogP contribution is 2.18. The molecule has 0 saturated carbocycles. The summed E-state index contributed by atoms with van der Waals surface area (Å²) in [6.45, 7) is 5.05. The molecular formula is C16H16N2. The van der Waals surface area contributed by atoms with E-state index in [1.54, 1.807) is 0 Å². The summed E-state index contributed by atoms with van der Waals surface area (Å²) >= 11 is 0. The van der Waals surface area contributed by atoms with Gasteiger partial charge in [0.15, 0.2) is 0 Å². The molecule has 0 radical (unpaired) electrons. The molecule has 0 fully saturated rings. The topological polar surface area (TPSA) is 17.8 Å². The second-order valence-corrected chi connectivity index (χ2v) is 4.72. The summed E-state index contributed by atoms with van der Waals surface area (Å²) < 4.78 is 2.27. The molecule has 3 rings (SSSR count). The lowest BCUT2D eigenvalue weighted by atomic mass is 10.2. The van der Waals surface area contributed by atoms with Gasteiger partial charge in [-0.1, -0.05) is 36.4 Å². The van der Waals surface area contributed by atoms with Crippen molar-refractivity contribution in [3.05, 3.63) is 65.5 Å². The summed E-state index contributed by atoms with van der Waals surface area (Å²) in [5.74, 6) is 1.07. The van der Waals surface area contributed by atoms with Crippen molar-refractivity contribution in [2.24, 2.45) is 0 Å². The predicted octanol–water partition coefficient (Wildman–Crippen LogP) is 3.70. The molecule has 0 amide bonds. The Morgan fingerprint density at radius 2 is 1.78 bits per heavy atom. The van der Waals surface area contributed by atoms with Crippen LogP contribution in [0.3, 0.4) is 0 Å². The fraction of sp³-hybridized carbons (Fsp3) is 0.188. The van der Waals surface area contributed by atoms with E-state index in [1.807, 2.05) is 6.07 Å². The molecule has 0 bridgehead atoms. The van der Waals surface area contributed by atoms with E-state index >= 15 is 0 Å². The Hall–Kier alpha value is -2.09. The van der Waals surface area contributed by atoms with Gasteiger partial charge in [0.2, 0.25) is 0 Å². The molecule has 0 aliphatic carbocycles. The van der Waals surface area contributed by atoms with Gasteiger partial charge < -0.3 is 4.57 Å². The monoisotopic (exact) mass is 236 g/mol. The maximum Gasteiger partial charge on any atom is 0.107 e. The van der Waals surface area contributed by atoms with Gasteiger partial charge >= 0.3 is 0 Å². The molecule has 90 valence electrons. The highest BCUT2D eigenvalue weighted by Gasteiger charge is 2.07. The maximum absolute atomic E-state index is 4.63. The zero-order valence-electron chi connectivity index (χ0n) is 10.7. The normalized spacial score (nSPS) is 11.0. The Kier molecular flexibility index (Phi) is 2.63. The van der Waals surface area contributed by atoms with Crippen molar-refractivity contribution >= 4 is 11.0 Å². The summed E-state index contributed by atoms with van der Waals surface area (Å²) in [5.41, 5.74) is 4.86. The van der Waals surface area contributed by atoms with Gasteiger partial charge in [-0.2, -0.15) is 0 Å². The second-order valence-electron chi connectivity index (χ2n) is 4.72. The first-order chi connectivity index (χ1) is 8.74. The van der Waals surface area contributed by atoms with Crippen molar-refractivity contribution in [1.82, 2.24) is 9.55 Å². The number of rotatable bonds is 2. The highest BCUT2D eigenvalue weighted by atomic mass is 15.1. The first kappa shape index (κ1) is 11.0. The molecule has 0 unspecified atom stereocenters. The fourth-order valence-electron chi connectivity index (χ4n) is 2.33. The Morgan fingerprint density at radius 1 is 1.00 bits per heavy atom. The van der Waals surface area contributed by atoms with Crippen molar-refractivity contribution < 1.29 is 0 Å². The average Bonchev–Trinajstić information content (AvgIpc) is 2.66. The number of fused-ring (bicyclic) bond motifs is 1. The van der Waals surface area contributed by atoms with E-state index in [4.69, 9.17) is 0 Å². The number of hydrogen-bond donors (Lipinski definition) is 0. The quantitative estimate of drug-likeness (QED) is 0.663. The number of aromatic nitrogens is 2. The summed E-state index contributed by atoms with van der Waals surface area (Å²) in [6, 6.07) is 17.0. The van der Waals surface area contributed by atoms with Gasteiger partial charge in [-0.15, -0.1) is 0 Å². The first-order valence-electron chi connectivity index (χ1n) is 6.21. The van der Waals surface area contributed by atoms with E-state index in [2.05, 4.69) is 65.9 Å². The number of nitrogens with zero attached hydrogens (tertiary/aromatic N) is 2. The third kappa shape index (κ3) is 1.90. The van der Waals surface area contributed by atoms with Gasteiger partial charge in [0.05, 0.1) is 11.0 Å². The van der Waals surface area contributed by atoms with E-state index in [-0.39, 0.29) is 0 Å². The van der Waals surface area contributed by atoms with Crippen LogP contribution < -0.4 is 0 Å². The van der Waals surface area contributed by atoms with Crippen LogP contribution >= 0.6 is 0 Å². The molecule has 1 aromatic heterocycles. The lowest BCUT2D eigenvalue weighted by Crippen LogP contribution is -2.01. The van der Waals surface area contributed by atoms with Gasteiger partial charge in [0.25, 0.3) is 0 Å². The summed E-state index contributed by atoms with van der Waals surface area (Å²) in [6.07, 6.45) is 0. The molecule has 2 heteroatoms. The molecule has 0 N–H and O–H groups in total. The summed E-state index contributed by atoms with van der Waals surface area (Å²) in [5, 5.41) is 0. The molecule has 0 aliphatic heterocycles. The van der Waals surface area contributed by atoms with Crippen molar-refractivity contribution in [3.63, 3.8) is 0 Å². The molecule has 2 aromatic carbocycles. The van der Waals surface area contributed by atoms with Crippen LogP contribution in [0.25, 0.3) is 11.0 Å². The molecule has 18 heavy (non-hydrogen) atoms. The number of aryl methyl sites for hydroxylation is 2. The molecule has 2 nitrogen and oxygen atoms in total. The zero-order chi connectivity index (χ0) is 12.5. The van der Waals surface area contributed by atoms with E-state index in [1.165, 1.54) is 16.6 Å². The first-order valence-corrected chi connectivity index (χ1v) is 6.21. The van der Waals surface area contributed by atoms with Gasteiger partial charge in [0.1, 0.15) is 5.82 Å². The van der Waals surface area contributed by atoms with Crippen LogP contribution in [0.5, 0.6) is 0 Å². The molecule has 0 atom stereocenters. The number of benzene rings is 2. The number of hydrogen-bond acceptors (Lipinski definition) is 1. The van der Waals surface area contributed by atoms with Crippen LogP contribution in [-0.2, 0) is 6.54 Å². The number of imidazole rings is 1. The second kappa shape index (κ2) is 4.30. The summed E-state index contributed by atoms with van der Waals surface area (Å²) in [4.78, 5) is 4.63. The average molecular weight is 236 g/mol. The predicted molar refractivity (Wildman–Crippen MR) is 74.8 cm³/mol. The standard InChI is InChI=1S/C16H16N2/c1-12-8-9-16-15(10-12)17-13(2)18(16)11-14-6-4-3-5-7-14/h3-10H,11H2,1-2H3. The van der Waals surface area contributed by atoms with Crippen molar-refractivity contribution in [1.29, 1.82) is 0 Å². The Morgan fingerprint density at radius 3 is 2.56 bits per heavy atom. The Labute approximate surface area is 107 Å². The smallest absolute Gasteiger partial charge is 0.107 e. The van der Waals surface area contributed by atoms with E-state index in [9.17, 15) is 0 Å². The minimum atomic E-state index is 0.881. The zero-order valence-corrected chi connectivity index (χ0v) is 10.7. The van der Waals surface area contributed by atoms with Crippen LogP contribution in [0, 0.1) is 13.8 Å². The lowest BCUT2D eigenvalue weighted by molar-refractivity contribution is 0.786. The van der Waals surface area contributed by atoms with Crippen molar-refractivity contribution in [3.8, 4) is 0 Å². The molecule has 0 aliphatic rings. The Balaban J connectivity index is 2.09. The van der Waals surface area contributed by atoms with Gasteiger partial charge in [-0.05, 0) is 37.1 Å². The van der Waals surface area contributed by atoms with Crippen molar-refractivity contribution in [2.45, 2.75) is 20.4 Å². The van der Waals surface area contributed by atoms with E-state index < -0.39 is 0 Å². The van der Waals surface area contributed by atoms with Crippen LogP contribution in [0.15, 0.2) is 48.5 Å². The Bertz CT molecular complexity index is 681. The maximum atomic E-state index is 4.63. The van der Waals surface area contributed by atoms with Crippen LogP contribution in [0.1, 0.15) is 17.0 Å². The van der Waals surface area contributed by atoms with Crippen molar-refractivity contribution in [2.75, 3.05) is 0 Å². The minimum absolute atomic E-state index is 0.881.